The lowest BCUT2D eigenvalue weighted by Crippen LogP contribution is -2.45. The van der Waals surface area contributed by atoms with E-state index in [0.29, 0.717) is 0 Å². The Bertz CT molecular complexity index is 311. The number of halogens is 2. The third-order valence-corrected chi connectivity index (χ3v) is 2.68. The monoisotopic (exact) mass is 280 g/mol. The number of alkyl halides is 2. The zero-order valence-electron chi connectivity index (χ0n) is 10.4. The summed E-state index contributed by atoms with van der Waals surface area (Å²) in [5, 5.41) is 13.7. The topological polar surface area (TPSA) is 87.7 Å². The number of carboxylic acid groups (broad SMARTS) is 1. The van der Waals surface area contributed by atoms with E-state index in [4.69, 9.17) is 5.11 Å². The second-order valence-corrected chi connectivity index (χ2v) is 4.41. The van der Waals surface area contributed by atoms with Crippen LogP contribution in [0.15, 0.2) is 0 Å². The number of ether oxygens (including phenoxy) is 1. The van der Waals surface area contributed by atoms with E-state index < -0.39 is 25.0 Å². The number of carbonyl (C=O) groups is 2. The first-order valence-electron chi connectivity index (χ1n) is 6.11. The van der Waals surface area contributed by atoms with Gasteiger partial charge in [0.1, 0.15) is 6.61 Å². The van der Waals surface area contributed by atoms with E-state index in [9.17, 15) is 18.4 Å². The van der Waals surface area contributed by atoms with Crippen molar-refractivity contribution in [2.75, 3.05) is 19.8 Å². The molecule has 110 valence electrons. The Hall–Kier alpha value is -1.44. The van der Waals surface area contributed by atoms with Crippen LogP contribution in [0.1, 0.15) is 19.3 Å². The van der Waals surface area contributed by atoms with Crippen LogP contribution in [-0.4, -0.2) is 49.3 Å². The lowest BCUT2D eigenvalue weighted by Gasteiger charge is -2.16. The maximum atomic E-state index is 11.7. The summed E-state index contributed by atoms with van der Waals surface area (Å²) in [7, 11) is 0. The molecule has 1 unspecified atom stereocenters. The zero-order valence-corrected chi connectivity index (χ0v) is 10.4. The Labute approximate surface area is 109 Å². The molecule has 1 aliphatic rings. The van der Waals surface area contributed by atoms with Crippen LogP contribution in [0.5, 0.6) is 0 Å². The van der Waals surface area contributed by atoms with E-state index in [1.165, 1.54) is 0 Å². The van der Waals surface area contributed by atoms with Gasteiger partial charge in [0.25, 0.3) is 6.43 Å². The van der Waals surface area contributed by atoms with E-state index in [1.54, 1.807) is 0 Å². The number of carbonyl (C=O) groups excluding carboxylic acids is 1. The summed E-state index contributed by atoms with van der Waals surface area (Å²) in [5.41, 5.74) is 0. The molecule has 3 N–H and O–H groups in total. The maximum Gasteiger partial charge on any atom is 0.315 e. The molecule has 6 nitrogen and oxygen atoms in total. The minimum absolute atomic E-state index is 0.00914. The molecule has 2 amide bonds. The van der Waals surface area contributed by atoms with Gasteiger partial charge in [-0.1, -0.05) is 0 Å². The van der Waals surface area contributed by atoms with Gasteiger partial charge in [-0.05, 0) is 18.8 Å². The molecule has 0 saturated heterocycles. The molecule has 1 saturated carbocycles. The summed E-state index contributed by atoms with van der Waals surface area (Å²) in [4.78, 5) is 22.1. The number of urea groups is 1. The second kappa shape index (κ2) is 7.88. The molecule has 1 aliphatic carbocycles. The minimum atomic E-state index is -2.52. The number of hydrogen-bond acceptors (Lipinski definition) is 3. The molecule has 0 spiro atoms. The van der Waals surface area contributed by atoms with Crippen molar-refractivity contribution in [1.82, 2.24) is 10.6 Å². The van der Waals surface area contributed by atoms with Crippen molar-refractivity contribution in [3.8, 4) is 0 Å². The molecule has 0 heterocycles. The second-order valence-electron chi connectivity index (χ2n) is 4.41. The third-order valence-electron chi connectivity index (χ3n) is 2.68. The summed E-state index contributed by atoms with van der Waals surface area (Å²) in [6.45, 7) is -0.569. The van der Waals surface area contributed by atoms with Gasteiger partial charge in [-0.2, -0.15) is 0 Å². The van der Waals surface area contributed by atoms with Crippen molar-refractivity contribution in [2.45, 2.75) is 31.7 Å². The zero-order chi connectivity index (χ0) is 14.3. The van der Waals surface area contributed by atoms with Crippen molar-refractivity contribution < 1.29 is 28.2 Å². The highest BCUT2D eigenvalue weighted by molar-refractivity contribution is 5.75. The molecule has 0 aromatic rings. The summed E-state index contributed by atoms with van der Waals surface area (Å²) < 4.78 is 28.0. The van der Waals surface area contributed by atoms with Crippen molar-refractivity contribution in [1.29, 1.82) is 0 Å². The average Bonchev–Trinajstić information content (AvgIpc) is 3.10. The van der Waals surface area contributed by atoms with Gasteiger partial charge in [0.05, 0.1) is 13.0 Å². The van der Waals surface area contributed by atoms with Gasteiger partial charge in [0, 0.05) is 12.6 Å². The van der Waals surface area contributed by atoms with Crippen LogP contribution < -0.4 is 10.6 Å². The standard InChI is InChI=1S/C11H18F2N2O4/c12-9(13)6-19-4-3-14-11(18)15-8(5-10(16)17)7-1-2-7/h7-9H,1-6H2,(H,16,17)(H2,14,15,18). The highest BCUT2D eigenvalue weighted by Gasteiger charge is 2.33. The molecular formula is C11H18F2N2O4. The van der Waals surface area contributed by atoms with Crippen LogP contribution in [0.4, 0.5) is 13.6 Å². The molecule has 0 aliphatic heterocycles. The maximum absolute atomic E-state index is 11.7. The van der Waals surface area contributed by atoms with E-state index in [2.05, 4.69) is 15.4 Å². The van der Waals surface area contributed by atoms with Gasteiger partial charge in [0.2, 0.25) is 0 Å². The Balaban J connectivity index is 2.12. The van der Waals surface area contributed by atoms with Gasteiger partial charge in [-0.25, -0.2) is 13.6 Å². The summed E-state index contributed by atoms with van der Waals surface area (Å²) >= 11 is 0. The predicted octanol–water partition coefficient (Wildman–Crippen LogP) is 0.821. The number of amides is 2. The smallest absolute Gasteiger partial charge is 0.315 e. The first kappa shape index (κ1) is 15.6. The third kappa shape index (κ3) is 7.55. The van der Waals surface area contributed by atoms with E-state index >= 15 is 0 Å². The van der Waals surface area contributed by atoms with Gasteiger partial charge in [0.15, 0.2) is 0 Å². The number of carboxylic acids is 1. The molecule has 1 rings (SSSR count). The summed E-state index contributed by atoms with van der Waals surface area (Å²) in [5.74, 6) is -0.741. The van der Waals surface area contributed by atoms with Gasteiger partial charge in [-0.3, -0.25) is 4.79 Å². The fourth-order valence-electron chi connectivity index (χ4n) is 1.65. The van der Waals surface area contributed by atoms with Crippen LogP contribution in [-0.2, 0) is 9.53 Å². The fraction of sp³-hybridized carbons (Fsp3) is 0.818. The number of aliphatic carboxylic acids is 1. The number of rotatable bonds is 9. The van der Waals surface area contributed by atoms with Crippen LogP contribution in [0.3, 0.4) is 0 Å². The van der Waals surface area contributed by atoms with Crippen LogP contribution in [0, 0.1) is 5.92 Å². The number of hydrogen-bond donors (Lipinski definition) is 3. The quantitative estimate of drug-likeness (QED) is 0.546. The first-order chi connectivity index (χ1) is 8.99. The largest absolute Gasteiger partial charge is 0.481 e. The van der Waals surface area contributed by atoms with Crippen LogP contribution in [0.2, 0.25) is 0 Å². The molecule has 8 heteroatoms. The van der Waals surface area contributed by atoms with Crippen LogP contribution >= 0.6 is 0 Å². The highest BCUT2D eigenvalue weighted by Crippen LogP contribution is 2.33. The Morgan fingerprint density at radius 1 is 1.37 bits per heavy atom. The van der Waals surface area contributed by atoms with Crippen molar-refractivity contribution in [3.63, 3.8) is 0 Å². The highest BCUT2D eigenvalue weighted by atomic mass is 19.3. The molecule has 0 radical (unpaired) electrons. The van der Waals surface area contributed by atoms with Gasteiger partial charge in [-0.15, -0.1) is 0 Å². The van der Waals surface area contributed by atoms with E-state index in [1.807, 2.05) is 0 Å². The number of nitrogens with one attached hydrogen (secondary N) is 2. The predicted molar refractivity (Wildman–Crippen MR) is 62.1 cm³/mol. The minimum Gasteiger partial charge on any atom is -0.481 e. The SMILES string of the molecule is O=C(O)CC(NC(=O)NCCOCC(F)F)C1CC1. The van der Waals surface area contributed by atoms with Crippen molar-refractivity contribution in [3.05, 3.63) is 0 Å². The molecule has 19 heavy (non-hydrogen) atoms. The lowest BCUT2D eigenvalue weighted by atomic mass is 10.1. The van der Waals surface area contributed by atoms with E-state index in [0.717, 1.165) is 12.8 Å². The van der Waals surface area contributed by atoms with Crippen molar-refractivity contribution >= 4 is 12.0 Å². The summed E-state index contributed by atoms with van der Waals surface area (Å²) in [6, 6.07) is -0.877. The molecule has 1 fully saturated rings. The first-order valence-corrected chi connectivity index (χ1v) is 6.11. The Morgan fingerprint density at radius 2 is 2.05 bits per heavy atom. The summed E-state index contributed by atoms with van der Waals surface area (Å²) in [6.07, 6.45) is -0.811. The molecule has 0 aromatic heterocycles. The molecule has 1 atom stereocenters. The average molecular weight is 280 g/mol. The Morgan fingerprint density at radius 3 is 2.58 bits per heavy atom. The Kier molecular flexibility index (Phi) is 6.48. The lowest BCUT2D eigenvalue weighted by molar-refractivity contribution is -0.137. The molecular weight excluding hydrogens is 262 g/mol. The molecule has 0 bridgehead atoms. The fourth-order valence-corrected chi connectivity index (χ4v) is 1.65. The van der Waals surface area contributed by atoms with Crippen molar-refractivity contribution in [2.24, 2.45) is 5.92 Å². The van der Waals surface area contributed by atoms with Gasteiger partial charge < -0.3 is 20.5 Å². The normalized spacial score (nSPS) is 16.2. The molecule has 0 aromatic carbocycles. The van der Waals surface area contributed by atoms with Crippen LogP contribution in [0.25, 0.3) is 0 Å². The van der Waals surface area contributed by atoms with E-state index in [-0.39, 0.29) is 31.5 Å². The van der Waals surface area contributed by atoms with Gasteiger partial charge >= 0.3 is 12.0 Å².